The number of fused-ring (bicyclic) bond motifs is 1. The number of aromatic nitrogens is 1. The monoisotopic (exact) mass is 453 g/mol. The van der Waals surface area contributed by atoms with Crippen molar-refractivity contribution < 1.29 is 23.6 Å². The molecule has 9 nitrogen and oxygen atoms in total. The average Bonchev–Trinajstić information content (AvgIpc) is 3.35. The fraction of sp³-hybridized carbons (Fsp3) is 0.304. The van der Waals surface area contributed by atoms with E-state index in [1.807, 2.05) is 0 Å². The highest BCUT2D eigenvalue weighted by Gasteiger charge is 2.37. The van der Waals surface area contributed by atoms with E-state index in [0.717, 1.165) is 4.90 Å². The maximum absolute atomic E-state index is 13.7. The zero-order valence-electron chi connectivity index (χ0n) is 18.7. The van der Waals surface area contributed by atoms with Crippen LogP contribution >= 0.6 is 0 Å². The van der Waals surface area contributed by atoms with Crippen LogP contribution in [0.1, 0.15) is 39.3 Å². The van der Waals surface area contributed by atoms with E-state index in [-0.39, 0.29) is 18.0 Å². The number of amides is 5. The minimum atomic E-state index is -0.799. The molecular formula is C23H24FN5O4. The predicted molar refractivity (Wildman–Crippen MR) is 120 cm³/mol. The summed E-state index contributed by atoms with van der Waals surface area (Å²) in [5.74, 6) is -1.73. The van der Waals surface area contributed by atoms with Gasteiger partial charge in [-0.25, -0.2) is 9.18 Å². The highest BCUT2D eigenvalue weighted by Crippen LogP contribution is 2.34. The molecule has 1 fully saturated rings. The lowest BCUT2D eigenvalue weighted by molar-refractivity contribution is -0.127. The third kappa shape index (κ3) is 3.88. The Labute approximate surface area is 189 Å². The molecule has 33 heavy (non-hydrogen) atoms. The summed E-state index contributed by atoms with van der Waals surface area (Å²) in [7, 11) is 3.11. The first-order chi connectivity index (χ1) is 15.6. The number of likely N-dealkylation sites (tertiary alicyclic amines) is 1. The number of imide groups is 1. The lowest BCUT2D eigenvalue weighted by Crippen LogP contribution is -2.46. The van der Waals surface area contributed by atoms with E-state index in [1.165, 1.54) is 23.1 Å². The highest BCUT2D eigenvalue weighted by atomic mass is 19.1. The van der Waals surface area contributed by atoms with E-state index < -0.39 is 29.7 Å². The summed E-state index contributed by atoms with van der Waals surface area (Å²) in [5, 5.41) is 5.41. The molecule has 0 saturated carbocycles. The highest BCUT2D eigenvalue weighted by molar-refractivity contribution is 6.35. The van der Waals surface area contributed by atoms with Gasteiger partial charge < -0.3 is 20.5 Å². The number of aromatic amines is 1. The molecule has 0 unspecified atom stereocenters. The number of benzene rings is 1. The minimum Gasteiger partial charge on any atom is -0.358 e. The van der Waals surface area contributed by atoms with Crippen LogP contribution in [-0.4, -0.2) is 65.2 Å². The molecule has 3 heterocycles. The first kappa shape index (κ1) is 22.3. The number of H-pyrrole nitrogens is 1. The van der Waals surface area contributed by atoms with Crippen molar-refractivity contribution in [1.29, 1.82) is 0 Å². The van der Waals surface area contributed by atoms with Crippen LogP contribution in [0.2, 0.25) is 0 Å². The van der Waals surface area contributed by atoms with Gasteiger partial charge in [0.1, 0.15) is 11.9 Å². The SMILES string of the molecule is Cc1[nH]c(C=C2C(=O)Nc3ccc(F)cc32)c(C)c1C(=O)N[C@H]1CCN(C(=O)N(C)C)C1=O. The molecule has 1 atom stereocenters. The fourth-order valence-corrected chi connectivity index (χ4v) is 4.18. The van der Waals surface area contributed by atoms with Crippen LogP contribution in [0.25, 0.3) is 11.6 Å². The van der Waals surface area contributed by atoms with Gasteiger partial charge in [0, 0.05) is 43.3 Å². The predicted octanol–water partition coefficient (Wildman–Crippen LogP) is 2.28. The van der Waals surface area contributed by atoms with Crippen LogP contribution < -0.4 is 10.6 Å². The number of hydrogen-bond acceptors (Lipinski definition) is 4. The molecule has 1 saturated heterocycles. The molecule has 0 spiro atoms. The van der Waals surface area contributed by atoms with Crippen molar-refractivity contribution in [2.24, 2.45) is 0 Å². The number of hydrogen-bond donors (Lipinski definition) is 3. The summed E-state index contributed by atoms with van der Waals surface area (Å²) >= 11 is 0. The largest absolute Gasteiger partial charge is 0.358 e. The lowest BCUT2D eigenvalue weighted by Gasteiger charge is -2.19. The standard InChI is InChI=1S/C23H24FN5O4/c1-11-18(10-15-14-9-13(24)5-6-16(14)26-20(15)30)25-12(2)19(11)21(31)27-17-7-8-29(22(17)32)23(33)28(3)4/h5-6,9-10,17,25H,7-8H2,1-4H3,(H,26,30)(H,27,31)/t17-/m0/s1. The van der Waals surface area contributed by atoms with Crippen LogP contribution in [0.4, 0.5) is 14.9 Å². The Morgan fingerprint density at radius 1 is 1.24 bits per heavy atom. The molecule has 0 aliphatic carbocycles. The van der Waals surface area contributed by atoms with Gasteiger partial charge in [-0.2, -0.15) is 0 Å². The van der Waals surface area contributed by atoms with Crippen LogP contribution in [0.3, 0.4) is 0 Å². The Kier molecular flexibility index (Phi) is 5.52. The Morgan fingerprint density at radius 2 is 1.97 bits per heavy atom. The Morgan fingerprint density at radius 3 is 2.67 bits per heavy atom. The molecule has 2 aliphatic rings. The lowest BCUT2D eigenvalue weighted by atomic mass is 10.0. The van der Waals surface area contributed by atoms with E-state index in [2.05, 4.69) is 15.6 Å². The van der Waals surface area contributed by atoms with Crippen LogP contribution in [0.5, 0.6) is 0 Å². The van der Waals surface area contributed by atoms with Gasteiger partial charge in [0.2, 0.25) is 0 Å². The molecule has 0 bridgehead atoms. The molecular weight excluding hydrogens is 429 g/mol. The zero-order valence-corrected chi connectivity index (χ0v) is 18.7. The van der Waals surface area contributed by atoms with Gasteiger partial charge in [-0.3, -0.25) is 19.3 Å². The average molecular weight is 453 g/mol. The van der Waals surface area contributed by atoms with Crippen molar-refractivity contribution in [3.8, 4) is 0 Å². The van der Waals surface area contributed by atoms with E-state index in [9.17, 15) is 23.6 Å². The number of halogens is 1. The van der Waals surface area contributed by atoms with Crippen LogP contribution in [-0.2, 0) is 9.59 Å². The number of anilines is 1. The summed E-state index contributed by atoms with van der Waals surface area (Å²) in [6, 6.07) is 2.83. The van der Waals surface area contributed by atoms with Crippen molar-refractivity contribution >= 4 is 41.1 Å². The summed E-state index contributed by atoms with van der Waals surface area (Å²) in [6.45, 7) is 3.67. The quantitative estimate of drug-likeness (QED) is 0.619. The van der Waals surface area contributed by atoms with Crippen LogP contribution in [0, 0.1) is 19.7 Å². The van der Waals surface area contributed by atoms with Crippen LogP contribution in [0.15, 0.2) is 18.2 Å². The number of nitrogens with zero attached hydrogens (tertiary/aromatic N) is 2. The van der Waals surface area contributed by atoms with Gasteiger partial charge in [0.05, 0.1) is 11.1 Å². The molecule has 2 aromatic rings. The topological polar surface area (TPSA) is 115 Å². The smallest absolute Gasteiger partial charge is 0.326 e. The molecule has 1 aromatic carbocycles. The minimum absolute atomic E-state index is 0.230. The molecule has 2 aliphatic heterocycles. The summed E-state index contributed by atoms with van der Waals surface area (Å²) in [6.07, 6.45) is 1.91. The van der Waals surface area contributed by atoms with Crippen molar-refractivity contribution in [3.63, 3.8) is 0 Å². The molecule has 10 heteroatoms. The van der Waals surface area contributed by atoms with E-state index in [0.29, 0.717) is 40.2 Å². The molecule has 0 radical (unpaired) electrons. The van der Waals surface area contributed by atoms with Crippen molar-refractivity contribution in [1.82, 2.24) is 20.1 Å². The second-order valence-corrected chi connectivity index (χ2v) is 8.35. The number of aryl methyl sites for hydroxylation is 1. The molecule has 1 aromatic heterocycles. The third-order valence-corrected chi connectivity index (χ3v) is 5.88. The van der Waals surface area contributed by atoms with Gasteiger partial charge in [0.15, 0.2) is 0 Å². The number of carbonyl (C=O) groups is 4. The van der Waals surface area contributed by atoms with Crippen molar-refractivity contribution in [2.45, 2.75) is 26.3 Å². The van der Waals surface area contributed by atoms with Gasteiger partial charge in [-0.15, -0.1) is 0 Å². The third-order valence-electron chi connectivity index (χ3n) is 5.88. The second-order valence-electron chi connectivity index (χ2n) is 8.35. The number of rotatable bonds is 3. The molecule has 3 N–H and O–H groups in total. The van der Waals surface area contributed by atoms with E-state index in [4.69, 9.17) is 0 Å². The number of nitrogens with one attached hydrogen (secondary N) is 3. The maximum atomic E-state index is 13.7. The zero-order chi connectivity index (χ0) is 24.0. The van der Waals surface area contributed by atoms with Gasteiger partial charge >= 0.3 is 6.03 Å². The Hall–Kier alpha value is -3.95. The van der Waals surface area contributed by atoms with Gasteiger partial charge in [-0.1, -0.05) is 0 Å². The maximum Gasteiger partial charge on any atom is 0.326 e. The summed E-state index contributed by atoms with van der Waals surface area (Å²) in [5.41, 5.74) is 3.27. The van der Waals surface area contributed by atoms with Gasteiger partial charge in [0.25, 0.3) is 17.7 Å². The number of carbonyl (C=O) groups excluding carboxylic acids is 4. The van der Waals surface area contributed by atoms with Crippen molar-refractivity contribution in [3.05, 3.63) is 52.1 Å². The van der Waals surface area contributed by atoms with E-state index >= 15 is 0 Å². The molecule has 172 valence electrons. The molecule has 5 amide bonds. The molecule has 4 rings (SSSR count). The van der Waals surface area contributed by atoms with Crippen molar-refractivity contribution in [2.75, 3.05) is 26.0 Å². The fourth-order valence-electron chi connectivity index (χ4n) is 4.18. The second kappa shape index (κ2) is 8.19. The first-order valence-electron chi connectivity index (χ1n) is 10.4. The Bertz CT molecular complexity index is 1230. The normalized spacial score (nSPS) is 18.5. The van der Waals surface area contributed by atoms with Gasteiger partial charge in [-0.05, 0) is 50.1 Å². The summed E-state index contributed by atoms with van der Waals surface area (Å²) in [4.78, 5) is 55.6. The Balaban J connectivity index is 1.58. The first-order valence-corrected chi connectivity index (χ1v) is 10.4. The summed E-state index contributed by atoms with van der Waals surface area (Å²) < 4.78 is 13.7. The van der Waals surface area contributed by atoms with E-state index in [1.54, 1.807) is 34.0 Å². The number of urea groups is 1.